The topological polar surface area (TPSA) is 50.2 Å². The molecule has 3 nitrogen and oxygen atoms in total. The van der Waals surface area contributed by atoms with Crippen LogP contribution < -0.4 is 0 Å². The molecule has 1 aliphatic rings. The van der Waals surface area contributed by atoms with Gasteiger partial charge in [0.1, 0.15) is 0 Å². The smallest absolute Gasteiger partial charge is 0.303 e. The highest BCUT2D eigenvalue weighted by atomic mass is 16.4. The largest absolute Gasteiger partial charge is 0.481 e. The van der Waals surface area contributed by atoms with Crippen LogP contribution >= 0.6 is 0 Å². The Morgan fingerprint density at radius 1 is 1.12 bits per heavy atom. The monoisotopic (exact) mass is 345 g/mol. The maximum atomic E-state index is 10.7. The van der Waals surface area contributed by atoms with Gasteiger partial charge in [-0.3, -0.25) is 9.78 Å². The van der Waals surface area contributed by atoms with Gasteiger partial charge in [0, 0.05) is 24.4 Å². The number of benzene rings is 1. The van der Waals surface area contributed by atoms with Gasteiger partial charge in [0.25, 0.3) is 0 Å². The van der Waals surface area contributed by atoms with Crippen LogP contribution in [0.5, 0.6) is 0 Å². The molecular formula is C23H23NO2. The fourth-order valence-electron chi connectivity index (χ4n) is 3.32. The SMILES string of the molecule is C/C=C/C1=Cc2ccccc2/C(=C\CCCCC(=O)O)c2cnccc21. The number of carboxylic acids is 1. The maximum absolute atomic E-state index is 10.7. The van der Waals surface area contributed by atoms with Crippen molar-refractivity contribution < 1.29 is 9.90 Å². The molecule has 1 aromatic carbocycles. The van der Waals surface area contributed by atoms with Crippen molar-refractivity contribution in [2.24, 2.45) is 0 Å². The third-order valence-electron chi connectivity index (χ3n) is 4.52. The van der Waals surface area contributed by atoms with Crippen molar-refractivity contribution in [2.75, 3.05) is 0 Å². The lowest BCUT2D eigenvalue weighted by molar-refractivity contribution is -0.137. The van der Waals surface area contributed by atoms with E-state index in [9.17, 15) is 4.79 Å². The van der Waals surface area contributed by atoms with E-state index in [0.717, 1.165) is 18.4 Å². The first-order valence-electron chi connectivity index (χ1n) is 9.01. The lowest BCUT2D eigenvalue weighted by Crippen LogP contribution is -1.95. The second-order valence-electron chi connectivity index (χ2n) is 6.37. The normalized spacial score (nSPS) is 14.7. The summed E-state index contributed by atoms with van der Waals surface area (Å²) < 4.78 is 0. The molecule has 0 saturated heterocycles. The van der Waals surface area contributed by atoms with Crippen LogP contribution in [0, 0.1) is 0 Å². The minimum absolute atomic E-state index is 0.227. The standard InChI is InChI=1S/C23H23NO2/c1-2-8-17-15-18-9-6-7-10-19(18)21(11-4-3-5-12-23(25)26)22-16-24-14-13-20(17)22/h2,6-11,13-16H,3-5,12H2,1H3,(H,25,26)/b8-2+,21-11+. The molecule has 3 heteroatoms. The van der Waals surface area contributed by atoms with Crippen molar-refractivity contribution in [2.45, 2.75) is 32.6 Å². The number of rotatable bonds is 6. The van der Waals surface area contributed by atoms with Gasteiger partial charge in [0.15, 0.2) is 0 Å². The van der Waals surface area contributed by atoms with Crippen LogP contribution in [-0.2, 0) is 4.79 Å². The van der Waals surface area contributed by atoms with Crippen LogP contribution in [0.3, 0.4) is 0 Å². The van der Waals surface area contributed by atoms with Crippen molar-refractivity contribution in [3.63, 3.8) is 0 Å². The van der Waals surface area contributed by atoms with E-state index < -0.39 is 5.97 Å². The number of aliphatic carboxylic acids is 1. The average molecular weight is 345 g/mol. The lowest BCUT2D eigenvalue weighted by Gasteiger charge is -2.12. The van der Waals surface area contributed by atoms with Crippen LogP contribution in [0.1, 0.15) is 54.9 Å². The second-order valence-corrected chi connectivity index (χ2v) is 6.37. The van der Waals surface area contributed by atoms with Crippen LogP contribution in [-0.4, -0.2) is 16.1 Å². The first-order valence-corrected chi connectivity index (χ1v) is 9.01. The van der Waals surface area contributed by atoms with Gasteiger partial charge < -0.3 is 5.11 Å². The highest BCUT2D eigenvalue weighted by molar-refractivity contribution is 6.00. The molecule has 0 atom stereocenters. The van der Waals surface area contributed by atoms with E-state index in [-0.39, 0.29) is 6.42 Å². The number of hydrogen-bond donors (Lipinski definition) is 1. The first kappa shape index (κ1) is 17.9. The lowest BCUT2D eigenvalue weighted by atomic mass is 9.92. The zero-order valence-electron chi connectivity index (χ0n) is 15.0. The number of aromatic nitrogens is 1. The number of allylic oxidation sites excluding steroid dienone is 4. The molecule has 1 N–H and O–H groups in total. The molecule has 3 rings (SSSR count). The van der Waals surface area contributed by atoms with Crippen LogP contribution in [0.4, 0.5) is 0 Å². The Morgan fingerprint density at radius 3 is 2.77 bits per heavy atom. The minimum atomic E-state index is -0.729. The Kier molecular flexibility index (Phi) is 5.80. The van der Waals surface area contributed by atoms with E-state index >= 15 is 0 Å². The van der Waals surface area contributed by atoms with Gasteiger partial charge in [-0.05, 0) is 66.2 Å². The zero-order chi connectivity index (χ0) is 18.4. The predicted octanol–water partition coefficient (Wildman–Crippen LogP) is 5.59. The fourth-order valence-corrected chi connectivity index (χ4v) is 3.32. The molecule has 1 heterocycles. The van der Waals surface area contributed by atoms with Gasteiger partial charge in [-0.1, -0.05) is 42.5 Å². The molecule has 2 aromatic rings. The van der Waals surface area contributed by atoms with Gasteiger partial charge >= 0.3 is 5.97 Å². The van der Waals surface area contributed by atoms with Crippen LogP contribution in [0.25, 0.3) is 17.2 Å². The second kappa shape index (κ2) is 8.43. The van der Waals surface area contributed by atoms with E-state index in [0.29, 0.717) is 6.42 Å². The molecule has 0 unspecified atom stereocenters. The number of carboxylic acid groups (broad SMARTS) is 1. The third kappa shape index (κ3) is 3.99. The van der Waals surface area contributed by atoms with Crippen molar-refractivity contribution in [1.82, 2.24) is 4.98 Å². The molecule has 26 heavy (non-hydrogen) atoms. The molecule has 1 aliphatic carbocycles. The molecule has 0 radical (unpaired) electrons. The third-order valence-corrected chi connectivity index (χ3v) is 4.52. The van der Waals surface area contributed by atoms with Gasteiger partial charge in [0.2, 0.25) is 0 Å². The molecule has 0 bridgehead atoms. The van der Waals surface area contributed by atoms with Crippen LogP contribution in [0.2, 0.25) is 0 Å². The van der Waals surface area contributed by atoms with Crippen molar-refractivity contribution in [1.29, 1.82) is 0 Å². The van der Waals surface area contributed by atoms with E-state index in [1.807, 2.05) is 19.3 Å². The summed E-state index contributed by atoms with van der Waals surface area (Å²) in [4.78, 5) is 15.1. The minimum Gasteiger partial charge on any atom is -0.481 e. The summed E-state index contributed by atoms with van der Waals surface area (Å²) in [6, 6.07) is 10.5. The van der Waals surface area contributed by atoms with Crippen molar-refractivity contribution >= 4 is 23.2 Å². The predicted molar refractivity (Wildman–Crippen MR) is 107 cm³/mol. The van der Waals surface area contributed by atoms with Gasteiger partial charge in [-0.25, -0.2) is 0 Å². The Hall–Kier alpha value is -2.94. The van der Waals surface area contributed by atoms with Crippen molar-refractivity contribution in [3.8, 4) is 0 Å². The summed E-state index contributed by atoms with van der Waals surface area (Å²) in [5.74, 6) is -0.729. The Balaban J connectivity index is 2.03. The van der Waals surface area contributed by atoms with E-state index in [2.05, 4.69) is 59.6 Å². The van der Waals surface area contributed by atoms with Gasteiger partial charge in [0.05, 0.1) is 0 Å². The number of hydrogen-bond acceptors (Lipinski definition) is 2. The maximum Gasteiger partial charge on any atom is 0.303 e. The van der Waals surface area contributed by atoms with Gasteiger partial charge in [-0.15, -0.1) is 0 Å². The summed E-state index contributed by atoms with van der Waals surface area (Å²) in [6.07, 6.45) is 15.0. The number of nitrogens with zero attached hydrogens (tertiary/aromatic N) is 1. The molecule has 1 aromatic heterocycles. The molecule has 0 saturated carbocycles. The molecule has 0 spiro atoms. The quantitative estimate of drug-likeness (QED) is 0.694. The molecule has 132 valence electrons. The number of carbonyl (C=O) groups is 1. The summed E-state index contributed by atoms with van der Waals surface area (Å²) in [7, 11) is 0. The summed E-state index contributed by atoms with van der Waals surface area (Å²) >= 11 is 0. The Morgan fingerprint density at radius 2 is 1.96 bits per heavy atom. The van der Waals surface area contributed by atoms with Gasteiger partial charge in [-0.2, -0.15) is 0 Å². The van der Waals surface area contributed by atoms with E-state index in [1.165, 1.54) is 27.8 Å². The molecule has 0 aliphatic heterocycles. The highest BCUT2D eigenvalue weighted by Gasteiger charge is 2.18. The zero-order valence-corrected chi connectivity index (χ0v) is 15.0. The Labute approximate surface area is 154 Å². The first-order chi connectivity index (χ1) is 12.7. The van der Waals surface area contributed by atoms with E-state index in [4.69, 9.17) is 5.11 Å². The number of fused-ring (bicyclic) bond motifs is 2. The Bertz CT molecular complexity index is 891. The molecule has 0 amide bonds. The highest BCUT2D eigenvalue weighted by Crippen LogP contribution is 2.37. The number of pyridine rings is 1. The average Bonchev–Trinajstić information content (AvgIpc) is 2.77. The summed E-state index contributed by atoms with van der Waals surface area (Å²) in [6.45, 7) is 2.03. The number of unbranched alkanes of at least 4 members (excludes halogenated alkanes) is 2. The van der Waals surface area contributed by atoms with Crippen molar-refractivity contribution in [3.05, 3.63) is 83.2 Å². The molecule has 0 fully saturated rings. The van der Waals surface area contributed by atoms with E-state index in [1.54, 1.807) is 0 Å². The fraction of sp³-hybridized carbons (Fsp3) is 0.217. The molecular weight excluding hydrogens is 322 g/mol. The summed E-state index contributed by atoms with van der Waals surface area (Å²) in [5, 5.41) is 8.80. The van der Waals surface area contributed by atoms with Crippen LogP contribution in [0.15, 0.2) is 61.0 Å². The summed E-state index contributed by atoms with van der Waals surface area (Å²) in [5.41, 5.74) is 7.03.